The van der Waals surface area contributed by atoms with Crippen molar-refractivity contribution in [2.24, 2.45) is 0 Å². The lowest BCUT2D eigenvalue weighted by atomic mass is 10.2. The number of halogens is 2. The van der Waals surface area contributed by atoms with Gasteiger partial charge in [0.05, 0.1) is 6.61 Å². The van der Waals surface area contributed by atoms with Crippen molar-refractivity contribution in [2.75, 3.05) is 0 Å². The highest BCUT2D eigenvalue weighted by Crippen LogP contribution is 2.35. The van der Waals surface area contributed by atoms with E-state index in [1.807, 2.05) is 17.5 Å². The Morgan fingerprint density at radius 2 is 2.31 bits per heavy atom. The maximum absolute atomic E-state index is 9.09. The average molecular weight is 278 g/mol. The monoisotopic (exact) mass is 276 g/mol. The first kappa shape index (κ1) is 9.46. The van der Waals surface area contributed by atoms with Crippen molar-refractivity contribution in [2.45, 2.75) is 6.61 Å². The van der Waals surface area contributed by atoms with Gasteiger partial charge in [-0.1, -0.05) is 11.6 Å². The van der Waals surface area contributed by atoms with Gasteiger partial charge >= 0.3 is 0 Å². The maximum atomic E-state index is 9.09. The van der Waals surface area contributed by atoms with Crippen molar-refractivity contribution < 1.29 is 5.11 Å². The van der Waals surface area contributed by atoms with Gasteiger partial charge in [-0.15, -0.1) is 11.3 Å². The third-order valence-electron chi connectivity index (χ3n) is 1.90. The predicted octanol–water partition coefficient (Wildman–Crippen LogP) is 3.81. The highest BCUT2D eigenvalue weighted by molar-refractivity contribution is 9.10. The Labute approximate surface area is 93.1 Å². The number of hydrogen-bond donors (Lipinski definition) is 1. The van der Waals surface area contributed by atoms with E-state index in [1.54, 1.807) is 11.3 Å². The van der Waals surface area contributed by atoms with E-state index >= 15 is 0 Å². The minimum Gasteiger partial charge on any atom is -0.392 e. The van der Waals surface area contributed by atoms with Crippen LogP contribution in [-0.2, 0) is 6.61 Å². The third kappa shape index (κ3) is 1.50. The molecule has 1 N–H and O–H groups in total. The van der Waals surface area contributed by atoms with Crippen molar-refractivity contribution in [3.05, 3.63) is 32.6 Å². The van der Waals surface area contributed by atoms with Crippen LogP contribution in [0.15, 0.2) is 22.0 Å². The van der Waals surface area contributed by atoms with E-state index in [0.717, 1.165) is 20.1 Å². The van der Waals surface area contributed by atoms with Gasteiger partial charge in [0, 0.05) is 25.1 Å². The maximum Gasteiger partial charge on any atom is 0.0707 e. The molecule has 1 aromatic carbocycles. The minimum absolute atomic E-state index is 0.0365. The van der Waals surface area contributed by atoms with E-state index in [-0.39, 0.29) is 6.61 Å². The molecule has 0 unspecified atom stereocenters. The molecule has 0 radical (unpaired) electrons. The van der Waals surface area contributed by atoms with Crippen LogP contribution in [0.3, 0.4) is 0 Å². The number of hydrogen-bond acceptors (Lipinski definition) is 2. The summed E-state index contributed by atoms with van der Waals surface area (Å²) >= 11 is 11.1. The van der Waals surface area contributed by atoms with E-state index in [2.05, 4.69) is 15.9 Å². The molecule has 0 amide bonds. The normalized spacial score (nSPS) is 11.0. The fourth-order valence-electron chi connectivity index (χ4n) is 1.23. The second-order valence-corrected chi connectivity index (χ2v) is 4.79. The van der Waals surface area contributed by atoms with Crippen LogP contribution in [0.1, 0.15) is 5.56 Å². The quantitative estimate of drug-likeness (QED) is 0.840. The van der Waals surface area contributed by atoms with E-state index in [0.29, 0.717) is 5.02 Å². The van der Waals surface area contributed by atoms with E-state index in [9.17, 15) is 0 Å². The summed E-state index contributed by atoms with van der Waals surface area (Å²) in [6, 6.07) is 3.90. The van der Waals surface area contributed by atoms with Crippen molar-refractivity contribution >= 4 is 49.0 Å². The van der Waals surface area contributed by atoms with Gasteiger partial charge in [0.25, 0.3) is 0 Å². The number of benzene rings is 1. The lowest BCUT2D eigenvalue weighted by Crippen LogP contribution is -1.86. The molecule has 1 nitrogen and oxygen atoms in total. The number of aliphatic hydroxyl groups excluding tert-OH is 1. The molecule has 68 valence electrons. The van der Waals surface area contributed by atoms with Gasteiger partial charge in [0.1, 0.15) is 0 Å². The van der Waals surface area contributed by atoms with Crippen molar-refractivity contribution in [1.82, 2.24) is 0 Å². The summed E-state index contributed by atoms with van der Waals surface area (Å²) in [6.45, 7) is -0.0365. The Hall–Kier alpha value is -0.0900. The summed E-state index contributed by atoms with van der Waals surface area (Å²) in [5.74, 6) is 0. The molecular weight excluding hydrogens is 272 g/mol. The topological polar surface area (TPSA) is 20.2 Å². The fraction of sp³-hybridized carbons (Fsp3) is 0.111. The van der Waals surface area contributed by atoms with Crippen molar-refractivity contribution in [3.8, 4) is 0 Å². The van der Waals surface area contributed by atoms with E-state index < -0.39 is 0 Å². The largest absolute Gasteiger partial charge is 0.392 e. The van der Waals surface area contributed by atoms with Gasteiger partial charge in [-0.25, -0.2) is 0 Å². The van der Waals surface area contributed by atoms with Gasteiger partial charge in [-0.05, 0) is 33.4 Å². The van der Waals surface area contributed by atoms with Crippen LogP contribution in [0.5, 0.6) is 0 Å². The van der Waals surface area contributed by atoms with Gasteiger partial charge in [-0.2, -0.15) is 0 Å². The fourth-order valence-corrected chi connectivity index (χ4v) is 3.32. The second-order valence-electron chi connectivity index (χ2n) is 2.64. The van der Waals surface area contributed by atoms with Gasteiger partial charge in [0.15, 0.2) is 0 Å². The second kappa shape index (κ2) is 3.58. The SMILES string of the molecule is OCc1c(Cl)cc2sccc2c1Br. The van der Waals surface area contributed by atoms with Gasteiger partial charge < -0.3 is 5.11 Å². The van der Waals surface area contributed by atoms with E-state index in [4.69, 9.17) is 16.7 Å². The lowest BCUT2D eigenvalue weighted by molar-refractivity contribution is 0.281. The number of fused-ring (bicyclic) bond motifs is 1. The molecule has 0 spiro atoms. The molecule has 0 fully saturated rings. The summed E-state index contributed by atoms with van der Waals surface area (Å²) < 4.78 is 2.04. The van der Waals surface area contributed by atoms with Crippen LogP contribution in [0.4, 0.5) is 0 Å². The highest BCUT2D eigenvalue weighted by atomic mass is 79.9. The highest BCUT2D eigenvalue weighted by Gasteiger charge is 2.09. The molecule has 0 saturated heterocycles. The predicted molar refractivity (Wildman–Crippen MR) is 60.5 cm³/mol. The summed E-state index contributed by atoms with van der Waals surface area (Å²) in [5, 5.41) is 12.8. The van der Waals surface area contributed by atoms with Crippen LogP contribution in [0, 0.1) is 0 Å². The Morgan fingerprint density at radius 3 is 3.00 bits per heavy atom. The van der Waals surface area contributed by atoms with Crippen LogP contribution >= 0.6 is 38.9 Å². The van der Waals surface area contributed by atoms with Gasteiger partial charge in [0.2, 0.25) is 0 Å². The molecule has 13 heavy (non-hydrogen) atoms. The molecule has 0 bridgehead atoms. The Morgan fingerprint density at radius 1 is 1.54 bits per heavy atom. The molecule has 0 saturated carbocycles. The number of aliphatic hydroxyl groups is 1. The zero-order valence-corrected chi connectivity index (χ0v) is 9.71. The smallest absolute Gasteiger partial charge is 0.0707 e. The molecule has 0 atom stereocenters. The first-order chi connectivity index (χ1) is 6.24. The minimum atomic E-state index is -0.0365. The van der Waals surface area contributed by atoms with Crippen LogP contribution in [0.2, 0.25) is 5.02 Å². The summed E-state index contributed by atoms with van der Waals surface area (Å²) in [4.78, 5) is 0. The zero-order valence-electron chi connectivity index (χ0n) is 6.55. The average Bonchev–Trinajstić information content (AvgIpc) is 2.53. The van der Waals surface area contributed by atoms with Crippen LogP contribution < -0.4 is 0 Å². The molecule has 1 aromatic heterocycles. The zero-order chi connectivity index (χ0) is 9.42. The molecule has 4 heteroatoms. The third-order valence-corrected chi connectivity index (χ3v) is 4.01. The standard InChI is InChI=1S/C9H6BrClOS/c10-9-5-1-2-13-8(5)3-7(11)6(9)4-12/h1-3,12H,4H2. The number of thiophene rings is 1. The molecule has 0 aliphatic rings. The van der Waals surface area contributed by atoms with Gasteiger partial charge in [-0.3, -0.25) is 0 Å². The molecule has 2 rings (SSSR count). The Bertz CT molecular complexity index is 452. The lowest BCUT2D eigenvalue weighted by Gasteiger charge is -2.04. The van der Waals surface area contributed by atoms with Crippen molar-refractivity contribution in [3.63, 3.8) is 0 Å². The Balaban J connectivity index is 2.85. The molecule has 0 aliphatic carbocycles. The summed E-state index contributed by atoms with van der Waals surface area (Å²) in [5.41, 5.74) is 0.757. The van der Waals surface area contributed by atoms with Crippen LogP contribution in [-0.4, -0.2) is 5.11 Å². The molecule has 1 heterocycles. The first-order valence-electron chi connectivity index (χ1n) is 3.69. The summed E-state index contributed by atoms with van der Waals surface area (Å²) in [7, 11) is 0. The van der Waals surface area contributed by atoms with Crippen molar-refractivity contribution in [1.29, 1.82) is 0 Å². The van der Waals surface area contributed by atoms with Crippen LogP contribution in [0.25, 0.3) is 10.1 Å². The molecule has 2 aromatic rings. The number of rotatable bonds is 1. The van der Waals surface area contributed by atoms with E-state index in [1.165, 1.54) is 0 Å². The molecular formula is C9H6BrClOS. The summed E-state index contributed by atoms with van der Waals surface area (Å²) in [6.07, 6.45) is 0. The Kier molecular flexibility index (Phi) is 2.60. The first-order valence-corrected chi connectivity index (χ1v) is 5.74. The molecule has 0 aliphatic heterocycles.